The smallest absolute Gasteiger partial charge is 0.248 e. The molecule has 0 saturated carbocycles. The zero-order valence-electron chi connectivity index (χ0n) is 13.3. The summed E-state index contributed by atoms with van der Waals surface area (Å²) in [4.78, 5) is 16.9. The van der Waals surface area contributed by atoms with Crippen molar-refractivity contribution in [3.8, 4) is 0 Å². The molecule has 0 bridgehead atoms. The Morgan fingerprint density at radius 2 is 1.81 bits per heavy atom. The maximum Gasteiger partial charge on any atom is 0.248 e. The van der Waals surface area contributed by atoms with Crippen LogP contribution in [0.5, 0.6) is 0 Å². The number of likely N-dealkylation sites (tertiary alicyclic amines) is 2. The number of hydrogen-bond donors (Lipinski definition) is 1. The Labute approximate surface area is 128 Å². The molecule has 3 rings (SSSR count). The normalized spacial score (nSPS) is 27.4. The van der Waals surface area contributed by atoms with E-state index in [0.29, 0.717) is 6.04 Å². The Kier molecular flexibility index (Phi) is 4.82. The zero-order chi connectivity index (χ0) is 14.7. The van der Waals surface area contributed by atoms with Crippen LogP contribution in [0.2, 0.25) is 0 Å². The number of nitrogens with one attached hydrogen (secondary N) is 1. The van der Waals surface area contributed by atoms with Gasteiger partial charge in [0.2, 0.25) is 5.91 Å². The molecule has 0 radical (unpaired) electrons. The molecule has 0 unspecified atom stereocenters. The lowest BCUT2D eigenvalue weighted by molar-refractivity contribution is -0.147. The van der Waals surface area contributed by atoms with Crippen molar-refractivity contribution in [3.63, 3.8) is 0 Å². The molecule has 0 aromatic rings. The van der Waals surface area contributed by atoms with E-state index in [1.54, 1.807) is 0 Å². The van der Waals surface area contributed by atoms with Gasteiger partial charge in [-0.05, 0) is 45.7 Å². The SMILES string of the molecule is CC1(OCC(=O)N2CCC(N3CCCCC3)CC2)CNC1. The molecule has 0 aromatic heterocycles. The van der Waals surface area contributed by atoms with E-state index in [1.165, 1.54) is 32.4 Å². The molecule has 3 heterocycles. The number of amides is 1. The molecule has 3 fully saturated rings. The highest BCUT2D eigenvalue weighted by Gasteiger charge is 2.34. The molecule has 120 valence electrons. The van der Waals surface area contributed by atoms with E-state index < -0.39 is 0 Å². The molecular weight excluding hydrogens is 266 g/mol. The quantitative estimate of drug-likeness (QED) is 0.835. The summed E-state index contributed by atoms with van der Waals surface area (Å²) < 4.78 is 5.76. The van der Waals surface area contributed by atoms with Crippen molar-refractivity contribution in [1.29, 1.82) is 0 Å². The number of carbonyl (C=O) groups is 1. The number of hydrogen-bond acceptors (Lipinski definition) is 4. The van der Waals surface area contributed by atoms with E-state index >= 15 is 0 Å². The van der Waals surface area contributed by atoms with E-state index in [1.807, 2.05) is 4.90 Å². The molecule has 1 amide bonds. The first-order chi connectivity index (χ1) is 10.2. The van der Waals surface area contributed by atoms with Crippen LogP contribution in [0.4, 0.5) is 0 Å². The summed E-state index contributed by atoms with van der Waals surface area (Å²) >= 11 is 0. The van der Waals surface area contributed by atoms with Crippen LogP contribution in [0, 0.1) is 0 Å². The highest BCUT2D eigenvalue weighted by atomic mass is 16.5. The van der Waals surface area contributed by atoms with E-state index in [2.05, 4.69) is 17.1 Å². The molecule has 5 nitrogen and oxygen atoms in total. The predicted molar refractivity (Wildman–Crippen MR) is 82.3 cm³/mol. The molecule has 21 heavy (non-hydrogen) atoms. The first kappa shape index (κ1) is 15.3. The van der Waals surface area contributed by atoms with Crippen molar-refractivity contribution in [1.82, 2.24) is 15.1 Å². The Morgan fingerprint density at radius 1 is 1.14 bits per heavy atom. The van der Waals surface area contributed by atoms with Gasteiger partial charge in [-0.2, -0.15) is 0 Å². The summed E-state index contributed by atoms with van der Waals surface area (Å²) in [6.07, 6.45) is 6.34. The predicted octanol–water partition coefficient (Wildman–Crippen LogP) is 0.842. The average Bonchev–Trinajstić information content (AvgIpc) is 2.52. The number of ether oxygens (including phenoxy) is 1. The molecule has 0 aromatic carbocycles. The Bertz CT molecular complexity index is 357. The molecule has 5 heteroatoms. The van der Waals surface area contributed by atoms with Gasteiger partial charge in [-0.1, -0.05) is 6.42 Å². The van der Waals surface area contributed by atoms with Crippen LogP contribution in [0.25, 0.3) is 0 Å². The second-order valence-corrected chi connectivity index (χ2v) is 7.05. The van der Waals surface area contributed by atoms with Gasteiger partial charge in [0.15, 0.2) is 0 Å². The maximum absolute atomic E-state index is 12.2. The lowest BCUT2D eigenvalue weighted by Crippen LogP contribution is -2.60. The van der Waals surface area contributed by atoms with Gasteiger partial charge in [-0.15, -0.1) is 0 Å². The maximum atomic E-state index is 12.2. The van der Waals surface area contributed by atoms with Crippen molar-refractivity contribution in [2.45, 2.75) is 50.7 Å². The van der Waals surface area contributed by atoms with Gasteiger partial charge in [-0.25, -0.2) is 0 Å². The van der Waals surface area contributed by atoms with Crippen LogP contribution in [0.3, 0.4) is 0 Å². The fourth-order valence-electron chi connectivity index (χ4n) is 3.67. The highest BCUT2D eigenvalue weighted by molar-refractivity contribution is 5.77. The lowest BCUT2D eigenvalue weighted by atomic mass is 9.99. The van der Waals surface area contributed by atoms with E-state index in [0.717, 1.165) is 39.0 Å². The first-order valence-electron chi connectivity index (χ1n) is 8.53. The molecule has 0 aliphatic carbocycles. The minimum Gasteiger partial charge on any atom is -0.363 e. The van der Waals surface area contributed by atoms with Crippen molar-refractivity contribution in [3.05, 3.63) is 0 Å². The summed E-state index contributed by atoms with van der Waals surface area (Å²) in [6, 6.07) is 0.698. The first-order valence-corrected chi connectivity index (χ1v) is 8.53. The summed E-state index contributed by atoms with van der Waals surface area (Å²) in [6.45, 7) is 8.34. The molecule has 3 aliphatic rings. The lowest BCUT2D eigenvalue weighted by Gasteiger charge is -2.41. The minimum atomic E-state index is -0.123. The van der Waals surface area contributed by atoms with Crippen molar-refractivity contribution < 1.29 is 9.53 Å². The van der Waals surface area contributed by atoms with Gasteiger partial charge < -0.3 is 19.9 Å². The number of nitrogens with zero attached hydrogens (tertiary/aromatic N) is 2. The molecule has 3 saturated heterocycles. The molecule has 1 N–H and O–H groups in total. The van der Waals surface area contributed by atoms with Crippen LogP contribution < -0.4 is 5.32 Å². The van der Waals surface area contributed by atoms with Gasteiger partial charge in [-0.3, -0.25) is 4.79 Å². The second kappa shape index (κ2) is 6.63. The summed E-state index contributed by atoms with van der Waals surface area (Å²) in [5.74, 6) is 0.167. The Hall–Kier alpha value is -0.650. The summed E-state index contributed by atoms with van der Waals surface area (Å²) in [5, 5.41) is 3.19. The van der Waals surface area contributed by atoms with Gasteiger partial charge >= 0.3 is 0 Å². The summed E-state index contributed by atoms with van der Waals surface area (Å²) in [7, 11) is 0. The largest absolute Gasteiger partial charge is 0.363 e. The highest BCUT2D eigenvalue weighted by Crippen LogP contribution is 2.21. The second-order valence-electron chi connectivity index (χ2n) is 7.05. The Balaban J connectivity index is 1.39. The van der Waals surface area contributed by atoms with Crippen LogP contribution >= 0.6 is 0 Å². The van der Waals surface area contributed by atoms with Gasteiger partial charge in [0.1, 0.15) is 6.61 Å². The monoisotopic (exact) mass is 295 g/mol. The standard InChI is InChI=1S/C16H29N3O2/c1-16(12-17-13-16)21-11-15(20)19-9-5-14(6-10-19)18-7-3-2-4-8-18/h14,17H,2-13H2,1H3. The van der Waals surface area contributed by atoms with Crippen molar-refractivity contribution in [2.75, 3.05) is 45.9 Å². The van der Waals surface area contributed by atoms with Gasteiger partial charge in [0.05, 0.1) is 5.60 Å². The minimum absolute atomic E-state index is 0.123. The van der Waals surface area contributed by atoms with Crippen LogP contribution in [-0.4, -0.2) is 73.2 Å². The third kappa shape index (κ3) is 3.76. The number of piperidine rings is 2. The third-order valence-electron chi connectivity index (χ3n) is 5.27. The van der Waals surface area contributed by atoms with E-state index in [4.69, 9.17) is 4.74 Å². The zero-order valence-corrected chi connectivity index (χ0v) is 13.3. The fraction of sp³-hybridized carbons (Fsp3) is 0.938. The molecule has 3 aliphatic heterocycles. The topological polar surface area (TPSA) is 44.8 Å². The number of rotatable bonds is 4. The Morgan fingerprint density at radius 3 is 2.38 bits per heavy atom. The van der Waals surface area contributed by atoms with E-state index in [-0.39, 0.29) is 18.1 Å². The van der Waals surface area contributed by atoms with Crippen LogP contribution in [-0.2, 0) is 9.53 Å². The molecule has 0 spiro atoms. The average molecular weight is 295 g/mol. The van der Waals surface area contributed by atoms with Crippen LogP contribution in [0.15, 0.2) is 0 Å². The van der Waals surface area contributed by atoms with Gasteiger partial charge in [0, 0.05) is 32.2 Å². The fourth-order valence-corrected chi connectivity index (χ4v) is 3.67. The number of carbonyl (C=O) groups excluding carboxylic acids is 1. The van der Waals surface area contributed by atoms with Crippen molar-refractivity contribution in [2.24, 2.45) is 0 Å². The van der Waals surface area contributed by atoms with Gasteiger partial charge in [0.25, 0.3) is 0 Å². The summed E-state index contributed by atoms with van der Waals surface area (Å²) in [5.41, 5.74) is -0.123. The molecule has 0 atom stereocenters. The van der Waals surface area contributed by atoms with E-state index in [9.17, 15) is 4.79 Å². The van der Waals surface area contributed by atoms with Crippen LogP contribution in [0.1, 0.15) is 39.0 Å². The molecular formula is C16H29N3O2. The third-order valence-corrected chi connectivity index (χ3v) is 5.27. The van der Waals surface area contributed by atoms with Crippen molar-refractivity contribution >= 4 is 5.91 Å².